The Balaban J connectivity index is 1.59. The van der Waals surface area contributed by atoms with Gasteiger partial charge in [-0.3, -0.25) is 14.4 Å². The minimum atomic E-state index is -3.86. The van der Waals surface area contributed by atoms with E-state index in [1.54, 1.807) is 29.2 Å². The third-order valence-electron chi connectivity index (χ3n) is 7.59. The summed E-state index contributed by atoms with van der Waals surface area (Å²) in [6.07, 6.45) is 2.93. The van der Waals surface area contributed by atoms with Gasteiger partial charge in [-0.2, -0.15) is 4.72 Å². The standard InChI is InChI=1S/C26H39N3O6S/c1-5-19(3)23(27-36(33,34)22-8-6-18(2)7-9-22)25(31)29-14-10-20(11-15-29)24(30)28-16-12-21(13-17-28)26(32)35-4/h6-9,19-21,23,27H,5,10-17H2,1-4H3/t19-,23+/m1/s1. The highest BCUT2D eigenvalue weighted by molar-refractivity contribution is 7.89. The van der Waals surface area contributed by atoms with Gasteiger partial charge in [0.25, 0.3) is 0 Å². The number of sulfonamides is 1. The van der Waals surface area contributed by atoms with Crippen LogP contribution in [0.25, 0.3) is 0 Å². The van der Waals surface area contributed by atoms with E-state index < -0.39 is 16.1 Å². The number of nitrogens with zero attached hydrogens (tertiary/aromatic N) is 2. The summed E-state index contributed by atoms with van der Waals surface area (Å²) < 4.78 is 33.5. The molecule has 2 aliphatic rings. The average Bonchev–Trinajstić information content (AvgIpc) is 2.90. The number of nitrogens with one attached hydrogen (secondary N) is 1. The van der Waals surface area contributed by atoms with Crippen molar-refractivity contribution >= 4 is 27.8 Å². The number of carbonyl (C=O) groups excluding carboxylic acids is 3. The average molecular weight is 522 g/mol. The number of hydrogen-bond acceptors (Lipinski definition) is 6. The predicted octanol–water partition coefficient (Wildman–Crippen LogP) is 2.34. The molecule has 0 saturated carbocycles. The summed E-state index contributed by atoms with van der Waals surface area (Å²) in [6, 6.07) is 5.68. The van der Waals surface area contributed by atoms with E-state index in [1.165, 1.54) is 7.11 Å². The van der Waals surface area contributed by atoms with E-state index in [-0.39, 0.29) is 40.4 Å². The molecular weight excluding hydrogens is 482 g/mol. The van der Waals surface area contributed by atoms with Crippen LogP contribution in [0.5, 0.6) is 0 Å². The molecule has 0 bridgehead atoms. The van der Waals surface area contributed by atoms with Crippen molar-refractivity contribution in [3.8, 4) is 0 Å². The van der Waals surface area contributed by atoms with Crippen LogP contribution in [0.15, 0.2) is 29.2 Å². The highest BCUT2D eigenvalue weighted by atomic mass is 32.2. The third-order valence-corrected chi connectivity index (χ3v) is 9.05. The van der Waals surface area contributed by atoms with Gasteiger partial charge < -0.3 is 14.5 Å². The zero-order valence-electron chi connectivity index (χ0n) is 21.7. The first-order valence-corrected chi connectivity index (χ1v) is 14.3. The molecule has 0 unspecified atom stereocenters. The number of piperidine rings is 2. The van der Waals surface area contributed by atoms with E-state index in [9.17, 15) is 22.8 Å². The summed E-state index contributed by atoms with van der Waals surface area (Å²) in [5.41, 5.74) is 0.953. The summed E-state index contributed by atoms with van der Waals surface area (Å²) >= 11 is 0. The number of amides is 2. The summed E-state index contributed by atoms with van der Waals surface area (Å²) in [5, 5.41) is 0. The number of hydrogen-bond donors (Lipinski definition) is 1. The van der Waals surface area contributed by atoms with Crippen LogP contribution in [0.4, 0.5) is 0 Å². The van der Waals surface area contributed by atoms with Gasteiger partial charge in [-0.15, -0.1) is 0 Å². The smallest absolute Gasteiger partial charge is 0.308 e. The van der Waals surface area contributed by atoms with Crippen molar-refractivity contribution in [3.05, 3.63) is 29.8 Å². The van der Waals surface area contributed by atoms with Gasteiger partial charge in [-0.25, -0.2) is 8.42 Å². The SMILES string of the molecule is CC[C@@H](C)[C@H](NS(=O)(=O)c1ccc(C)cc1)C(=O)N1CCC(C(=O)N2CCC(C(=O)OC)CC2)CC1. The molecule has 9 nitrogen and oxygen atoms in total. The fraction of sp³-hybridized carbons (Fsp3) is 0.654. The van der Waals surface area contributed by atoms with Crippen LogP contribution in [-0.4, -0.2) is 75.3 Å². The van der Waals surface area contributed by atoms with Gasteiger partial charge in [0, 0.05) is 32.1 Å². The van der Waals surface area contributed by atoms with Gasteiger partial charge in [0.2, 0.25) is 21.8 Å². The number of benzene rings is 1. The molecule has 2 amide bonds. The van der Waals surface area contributed by atoms with Crippen LogP contribution < -0.4 is 4.72 Å². The first-order valence-electron chi connectivity index (χ1n) is 12.8. The fourth-order valence-corrected chi connectivity index (χ4v) is 6.20. The van der Waals surface area contributed by atoms with Crippen molar-refractivity contribution in [3.63, 3.8) is 0 Å². The van der Waals surface area contributed by atoms with E-state index >= 15 is 0 Å². The van der Waals surface area contributed by atoms with Crippen LogP contribution in [0.2, 0.25) is 0 Å². The van der Waals surface area contributed by atoms with Gasteiger partial charge in [0.05, 0.1) is 17.9 Å². The minimum Gasteiger partial charge on any atom is -0.469 e. The molecule has 2 fully saturated rings. The molecule has 1 aromatic carbocycles. The van der Waals surface area contributed by atoms with Crippen molar-refractivity contribution in [2.75, 3.05) is 33.3 Å². The zero-order valence-corrected chi connectivity index (χ0v) is 22.6. The number of esters is 1. The van der Waals surface area contributed by atoms with Crippen molar-refractivity contribution in [1.29, 1.82) is 0 Å². The van der Waals surface area contributed by atoms with Crippen LogP contribution in [0.1, 0.15) is 51.5 Å². The topological polar surface area (TPSA) is 113 Å². The molecular formula is C26H39N3O6S. The predicted molar refractivity (Wildman–Crippen MR) is 135 cm³/mol. The molecule has 2 atom stereocenters. The summed E-state index contributed by atoms with van der Waals surface area (Å²) in [6.45, 7) is 7.57. The first kappa shape index (κ1) is 28.1. The summed E-state index contributed by atoms with van der Waals surface area (Å²) in [7, 11) is -2.47. The number of aryl methyl sites for hydroxylation is 1. The summed E-state index contributed by atoms with van der Waals surface area (Å²) in [4.78, 5) is 41.9. The van der Waals surface area contributed by atoms with E-state index in [1.807, 2.05) is 25.7 Å². The molecule has 0 spiro atoms. The number of methoxy groups -OCH3 is 1. The molecule has 0 radical (unpaired) electrons. The van der Waals surface area contributed by atoms with Gasteiger partial charge in [0.1, 0.15) is 6.04 Å². The summed E-state index contributed by atoms with van der Waals surface area (Å²) in [5.74, 6) is -0.903. The fourth-order valence-electron chi connectivity index (χ4n) is 4.90. The number of ether oxygens (including phenoxy) is 1. The Labute approximate surface area is 214 Å². The van der Waals surface area contributed by atoms with Gasteiger partial charge in [-0.1, -0.05) is 38.0 Å². The Bertz CT molecular complexity index is 1030. The van der Waals surface area contributed by atoms with Crippen molar-refractivity contribution in [1.82, 2.24) is 14.5 Å². The van der Waals surface area contributed by atoms with Crippen molar-refractivity contribution in [2.45, 2.75) is 63.8 Å². The molecule has 1 aromatic rings. The second-order valence-corrected chi connectivity index (χ2v) is 11.7. The van der Waals surface area contributed by atoms with Gasteiger partial charge >= 0.3 is 5.97 Å². The highest BCUT2D eigenvalue weighted by Crippen LogP contribution is 2.26. The monoisotopic (exact) mass is 521 g/mol. The second-order valence-electron chi connectivity index (χ2n) is 10.0. The zero-order chi connectivity index (χ0) is 26.5. The Morgan fingerprint density at radius 3 is 2.03 bits per heavy atom. The normalized spacial score (nSPS) is 19.6. The molecule has 10 heteroatoms. The molecule has 36 heavy (non-hydrogen) atoms. The number of rotatable bonds is 8. The Kier molecular flexibility index (Phi) is 9.52. The lowest BCUT2D eigenvalue weighted by Gasteiger charge is -2.38. The van der Waals surface area contributed by atoms with Gasteiger partial charge in [0.15, 0.2) is 0 Å². The molecule has 1 N–H and O–H groups in total. The maximum absolute atomic E-state index is 13.4. The molecule has 200 valence electrons. The lowest BCUT2D eigenvalue weighted by Crippen LogP contribution is -2.54. The molecule has 0 aromatic heterocycles. The second kappa shape index (κ2) is 12.2. The highest BCUT2D eigenvalue weighted by Gasteiger charge is 2.37. The van der Waals surface area contributed by atoms with Crippen LogP contribution in [0.3, 0.4) is 0 Å². The van der Waals surface area contributed by atoms with E-state index in [0.29, 0.717) is 58.3 Å². The quantitative estimate of drug-likeness (QED) is 0.526. The lowest BCUT2D eigenvalue weighted by molar-refractivity contribution is -0.150. The van der Waals surface area contributed by atoms with Gasteiger partial charge in [-0.05, 0) is 50.7 Å². The number of likely N-dealkylation sites (tertiary alicyclic amines) is 2. The number of carbonyl (C=O) groups is 3. The van der Waals surface area contributed by atoms with E-state index in [0.717, 1.165) is 5.56 Å². The first-order chi connectivity index (χ1) is 17.1. The maximum Gasteiger partial charge on any atom is 0.308 e. The van der Waals surface area contributed by atoms with Crippen molar-refractivity contribution in [2.24, 2.45) is 17.8 Å². The van der Waals surface area contributed by atoms with Crippen LogP contribution in [0, 0.1) is 24.7 Å². The van der Waals surface area contributed by atoms with E-state index in [2.05, 4.69) is 4.72 Å². The third kappa shape index (κ3) is 6.64. The molecule has 2 heterocycles. The minimum absolute atomic E-state index is 0.0731. The Morgan fingerprint density at radius 2 is 1.50 bits per heavy atom. The van der Waals surface area contributed by atoms with E-state index in [4.69, 9.17) is 4.74 Å². The Hall–Kier alpha value is -2.46. The largest absolute Gasteiger partial charge is 0.469 e. The van der Waals surface area contributed by atoms with Crippen LogP contribution >= 0.6 is 0 Å². The Morgan fingerprint density at radius 1 is 0.972 bits per heavy atom. The molecule has 2 aliphatic heterocycles. The lowest BCUT2D eigenvalue weighted by atomic mass is 9.91. The molecule has 0 aliphatic carbocycles. The molecule has 3 rings (SSSR count). The maximum atomic E-state index is 13.4. The molecule has 2 saturated heterocycles. The van der Waals surface area contributed by atoms with Crippen LogP contribution in [-0.2, 0) is 29.1 Å². The van der Waals surface area contributed by atoms with Crippen molar-refractivity contribution < 1.29 is 27.5 Å².